The van der Waals surface area contributed by atoms with E-state index in [1.807, 2.05) is 25.1 Å². The van der Waals surface area contributed by atoms with Crippen molar-refractivity contribution >= 4 is 22.8 Å². The first kappa shape index (κ1) is 22.3. The molecular weight excluding hydrogens is 439 g/mol. The van der Waals surface area contributed by atoms with Crippen LogP contribution in [0.2, 0.25) is 0 Å². The molecular formula is C25H29FN4O4. The average Bonchev–Trinajstić information content (AvgIpc) is 3.35. The van der Waals surface area contributed by atoms with Gasteiger partial charge in [-0.25, -0.2) is 19.2 Å². The molecule has 2 saturated heterocycles. The summed E-state index contributed by atoms with van der Waals surface area (Å²) in [5.74, 6) is 0.258. The predicted molar refractivity (Wildman–Crippen MR) is 128 cm³/mol. The van der Waals surface area contributed by atoms with E-state index in [-0.39, 0.29) is 30.6 Å². The summed E-state index contributed by atoms with van der Waals surface area (Å²) in [4.78, 5) is 25.5. The summed E-state index contributed by atoms with van der Waals surface area (Å²) in [6.45, 7) is 5.76. The third-order valence-electron chi connectivity index (χ3n) is 6.35. The van der Waals surface area contributed by atoms with Gasteiger partial charge in [0.05, 0.1) is 24.3 Å². The number of fused-ring (bicyclic) bond motifs is 1. The number of aryl methyl sites for hydroxylation is 1. The van der Waals surface area contributed by atoms with Gasteiger partial charge in [-0.3, -0.25) is 0 Å². The Labute approximate surface area is 198 Å². The minimum absolute atomic E-state index is 0. The van der Waals surface area contributed by atoms with Crippen LogP contribution in [0.15, 0.2) is 36.4 Å². The van der Waals surface area contributed by atoms with E-state index in [0.717, 1.165) is 24.0 Å². The fourth-order valence-corrected chi connectivity index (χ4v) is 4.41. The number of halogens is 1. The Kier molecular flexibility index (Phi) is 6.19. The normalized spacial score (nSPS) is 18.5. The average molecular weight is 469 g/mol. The quantitative estimate of drug-likeness (QED) is 0.619. The van der Waals surface area contributed by atoms with Crippen molar-refractivity contribution < 1.29 is 25.2 Å². The summed E-state index contributed by atoms with van der Waals surface area (Å²) in [5, 5.41) is 11.1. The lowest BCUT2D eigenvalue weighted by Crippen LogP contribution is -2.49. The van der Waals surface area contributed by atoms with E-state index in [1.165, 1.54) is 18.2 Å². The second kappa shape index (κ2) is 9.42. The van der Waals surface area contributed by atoms with E-state index in [2.05, 4.69) is 14.9 Å². The lowest BCUT2D eigenvalue weighted by atomic mass is 10.1. The fraction of sp³-hybridized carbons (Fsp3) is 0.400. The van der Waals surface area contributed by atoms with E-state index in [1.54, 1.807) is 4.90 Å². The Balaban J connectivity index is 0.00000289. The van der Waals surface area contributed by atoms with Crippen LogP contribution in [-0.2, 0) is 9.47 Å². The van der Waals surface area contributed by atoms with Gasteiger partial charge in [0.1, 0.15) is 17.4 Å². The molecule has 1 atom stereocenters. The number of phenolic OH excluding ortho intramolecular Hbond substituents is 1. The zero-order chi connectivity index (χ0) is 23.7. The van der Waals surface area contributed by atoms with Crippen molar-refractivity contribution in [3.63, 3.8) is 0 Å². The molecule has 180 valence electrons. The van der Waals surface area contributed by atoms with E-state index in [9.17, 15) is 14.3 Å². The monoisotopic (exact) mass is 468 g/mol. The Bertz CT molecular complexity index is 1190. The number of rotatable bonds is 4. The van der Waals surface area contributed by atoms with Gasteiger partial charge in [-0.05, 0) is 43.2 Å². The van der Waals surface area contributed by atoms with Gasteiger partial charge in [-0.1, -0.05) is 12.1 Å². The second-order valence-electron chi connectivity index (χ2n) is 8.81. The third kappa shape index (κ3) is 4.48. The Hall–Kier alpha value is -3.46. The third-order valence-corrected chi connectivity index (χ3v) is 6.35. The van der Waals surface area contributed by atoms with Gasteiger partial charge in [0, 0.05) is 45.5 Å². The molecule has 0 spiro atoms. The molecule has 1 aromatic heterocycles. The zero-order valence-electron chi connectivity index (χ0n) is 19.0. The number of amides is 1. The number of carbonyl (C=O) groups is 1. The van der Waals surface area contributed by atoms with Crippen LogP contribution in [0.25, 0.3) is 22.3 Å². The molecule has 1 N–H and O–H groups in total. The van der Waals surface area contributed by atoms with Crippen LogP contribution < -0.4 is 4.90 Å². The maximum atomic E-state index is 14.6. The fourth-order valence-electron chi connectivity index (χ4n) is 4.41. The first-order valence-electron chi connectivity index (χ1n) is 11.5. The highest BCUT2D eigenvalue weighted by molar-refractivity contribution is 5.92. The van der Waals surface area contributed by atoms with Gasteiger partial charge in [0.2, 0.25) is 0 Å². The second-order valence-corrected chi connectivity index (χ2v) is 8.81. The van der Waals surface area contributed by atoms with Crippen LogP contribution in [0.4, 0.5) is 15.0 Å². The molecule has 2 aliphatic heterocycles. The Morgan fingerprint density at radius 2 is 2.06 bits per heavy atom. The van der Waals surface area contributed by atoms with Crippen molar-refractivity contribution in [1.82, 2.24) is 14.9 Å². The Morgan fingerprint density at radius 1 is 1.24 bits per heavy atom. The summed E-state index contributed by atoms with van der Waals surface area (Å²) < 4.78 is 25.4. The zero-order valence-corrected chi connectivity index (χ0v) is 19.0. The van der Waals surface area contributed by atoms with Gasteiger partial charge in [-0.2, -0.15) is 0 Å². The van der Waals surface area contributed by atoms with Crippen molar-refractivity contribution in [1.29, 1.82) is 0 Å². The van der Waals surface area contributed by atoms with Gasteiger partial charge in [0.15, 0.2) is 5.82 Å². The van der Waals surface area contributed by atoms with Crippen LogP contribution in [0.3, 0.4) is 0 Å². The molecule has 2 aromatic carbocycles. The van der Waals surface area contributed by atoms with Crippen LogP contribution in [0.1, 0.15) is 13.4 Å². The smallest absolute Gasteiger partial charge is 0.409 e. The standard InChI is InChI=1S/C25H27FN4O4.H2/c1-16-5-6-18-20(13-16)27-23(22-19(26)3-2-4-21(22)31)28-24(18)29-8-10-30(11-9-29)25(32)34-15-17-7-12-33-14-17;/h2-6,13,17,31H,7-12,14-15H2,1H3;1H. The molecule has 9 heteroatoms. The van der Waals surface area contributed by atoms with Crippen LogP contribution in [0, 0.1) is 18.7 Å². The largest absolute Gasteiger partial charge is 0.507 e. The molecule has 5 rings (SSSR count). The van der Waals surface area contributed by atoms with Gasteiger partial charge >= 0.3 is 6.09 Å². The predicted octanol–water partition coefficient (Wildman–Crippen LogP) is 3.99. The molecule has 1 unspecified atom stereocenters. The van der Waals surface area contributed by atoms with E-state index in [0.29, 0.717) is 50.7 Å². The molecule has 0 aliphatic carbocycles. The highest BCUT2D eigenvalue weighted by atomic mass is 19.1. The number of piperazine rings is 1. The molecule has 0 saturated carbocycles. The number of aromatic nitrogens is 2. The molecule has 0 bridgehead atoms. The molecule has 2 fully saturated rings. The van der Waals surface area contributed by atoms with Crippen molar-refractivity contribution in [2.75, 3.05) is 50.9 Å². The first-order valence-corrected chi connectivity index (χ1v) is 11.5. The lowest BCUT2D eigenvalue weighted by Gasteiger charge is -2.35. The van der Waals surface area contributed by atoms with Crippen LogP contribution >= 0.6 is 0 Å². The summed E-state index contributed by atoms with van der Waals surface area (Å²) in [7, 11) is 0. The molecule has 3 aromatic rings. The van der Waals surface area contributed by atoms with Gasteiger partial charge < -0.3 is 24.4 Å². The minimum Gasteiger partial charge on any atom is -0.507 e. The van der Waals surface area contributed by atoms with Crippen LogP contribution in [-0.4, -0.2) is 72.1 Å². The van der Waals surface area contributed by atoms with Crippen molar-refractivity contribution in [2.45, 2.75) is 13.3 Å². The number of phenols is 1. The van der Waals surface area contributed by atoms with Crippen LogP contribution in [0.5, 0.6) is 5.75 Å². The number of ether oxygens (including phenoxy) is 2. The molecule has 1 amide bonds. The van der Waals surface area contributed by atoms with E-state index < -0.39 is 5.82 Å². The first-order chi connectivity index (χ1) is 16.5. The van der Waals surface area contributed by atoms with Gasteiger partial charge in [0.25, 0.3) is 0 Å². The van der Waals surface area contributed by atoms with E-state index in [4.69, 9.17) is 9.47 Å². The number of hydrogen-bond donors (Lipinski definition) is 1. The summed E-state index contributed by atoms with van der Waals surface area (Å²) in [5.41, 5.74) is 1.66. The number of benzene rings is 2. The molecule has 8 nitrogen and oxygen atoms in total. The number of hydrogen-bond acceptors (Lipinski definition) is 7. The van der Waals surface area contributed by atoms with E-state index >= 15 is 0 Å². The number of carbonyl (C=O) groups excluding carboxylic acids is 1. The van der Waals surface area contributed by atoms with Gasteiger partial charge in [-0.15, -0.1) is 0 Å². The summed E-state index contributed by atoms with van der Waals surface area (Å²) in [6, 6.07) is 10.00. The molecule has 34 heavy (non-hydrogen) atoms. The minimum atomic E-state index is -0.585. The number of aromatic hydroxyl groups is 1. The topological polar surface area (TPSA) is 88.0 Å². The maximum absolute atomic E-state index is 14.6. The Morgan fingerprint density at radius 3 is 2.79 bits per heavy atom. The summed E-state index contributed by atoms with van der Waals surface area (Å²) in [6.07, 6.45) is 0.605. The molecule has 2 aliphatic rings. The number of anilines is 1. The molecule has 0 radical (unpaired) electrons. The highest BCUT2D eigenvalue weighted by Gasteiger charge is 2.27. The summed E-state index contributed by atoms with van der Waals surface area (Å²) >= 11 is 0. The van der Waals surface area contributed by atoms with Crippen molar-refractivity contribution in [3.05, 3.63) is 47.8 Å². The maximum Gasteiger partial charge on any atom is 0.409 e. The highest BCUT2D eigenvalue weighted by Crippen LogP contribution is 2.34. The SMILES string of the molecule is Cc1ccc2c(N3CCN(C(=O)OCC4CCOC4)CC3)nc(-c3c(O)cccc3F)nc2c1.[HH]. The van der Waals surface area contributed by atoms with Crippen molar-refractivity contribution in [3.8, 4) is 17.1 Å². The molecule has 3 heterocycles. The van der Waals surface area contributed by atoms with Crippen molar-refractivity contribution in [2.24, 2.45) is 5.92 Å². The number of nitrogens with zero attached hydrogens (tertiary/aromatic N) is 4. The lowest BCUT2D eigenvalue weighted by molar-refractivity contribution is 0.0815.